The summed E-state index contributed by atoms with van der Waals surface area (Å²) in [4.78, 5) is 39.1. The van der Waals surface area contributed by atoms with Crippen molar-refractivity contribution >= 4 is 22.5 Å². The second-order valence-corrected chi connectivity index (χ2v) is 7.59. The zero-order valence-electron chi connectivity index (χ0n) is 18.0. The summed E-state index contributed by atoms with van der Waals surface area (Å²) >= 11 is 0. The van der Waals surface area contributed by atoms with E-state index in [1.54, 1.807) is 42.5 Å². The molecule has 1 amide bonds. The van der Waals surface area contributed by atoms with E-state index in [-0.39, 0.29) is 24.8 Å². The van der Waals surface area contributed by atoms with E-state index in [9.17, 15) is 14.4 Å². The van der Waals surface area contributed by atoms with E-state index in [2.05, 4.69) is 5.32 Å². The Morgan fingerprint density at radius 2 is 1.81 bits per heavy atom. The molecule has 32 heavy (non-hydrogen) atoms. The van der Waals surface area contributed by atoms with Crippen molar-refractivity contribution in [2.75, 3.05) is 26.1 Å². The largest absolute Gasteiger partial charge is 0.497 e. The summed E-state index contributed by atoms with van der Waals surface area (Å²) in [7, 11) is 3.03. The molecule has 9 heteroatoms. The lowest BCUT2D eigenvalue weighted by atomic mass is 10.2. The summed E-state index contributed by atoms with van der Waals surface area (Å²) < 4.78 is 18.6. The molecule has 0 saturated carbocycles. The highest BCUT2D eigenvalue weighted by Crippen LogP contribution is 2.25. The number of aromatic nitrogens is 2. The SMILES string of the molecule is COc1cc(NC(=O)Cn2c(=O)n(C[C@@H]3CCCO3)c(=O)c3ccccc32)cc(OC)c1. The highest BCUT2D eigenvalue weighted by Gasteiger charge is 2.21. The Morgan fingerprint density at radius 3 is 2.47 bits per heavy atom. The molecule has 1 saturated heterocycles. The van der Waals surface area contributed by atoms with Gasteiger partial charge in [-0.05, 0) is 25.0 Å². The number of carbonyl (C=O) groups excluding carboxylic acids is 1. The van der Waals surface area contributed by atoms with Gasteiger partial charge in [0.15, 0.2) is 0 Å². The van der Waals surface area contributed by atoms with Gasteiger partial charge in [-0.1, -0.05) is 12.1 Å². The second-order valence-electron chi connectivity index (χ2n) is 7.59. The Labute approximate surface area is 184 Å². The highest BCUT2D eigenvalue weighted by molar-refractivity contribution is 5.92. The first kappa shape index (κ1) is 21.6. The van der Waals surface area contributed by atoms with Crippen molar-refractivity contribution in [2.24, 2.45) is 0 Å². The molecular formula is C23H25N3O6. The van der Waals surface area contributed by atoms with Crippen LogP contribution in [-0.2, 0) is 22.6 Å². The van der Waals surface area contributed by atoms with Gasteiger partial charge in [-0.2, -0.15) is 0 Å². The van der Waals surface area contributed by atoms with Gasteiger partial charge in [0.25, 0.3) is 5.56 Å². The predicted molar refractivity (Wildman–Crippen MR) is 120 cm³/mol. The number of hydrogen-bond donors (Lipinski definition) is 1. The van der Waals surface area contributed by atoms with Crippen molar-refractivity contribution in [1.82, 2.24) is 9.13 Å². The van der Waals surface area contributed by atoms with Crippen LogP contribution in [-0.4, -0.2) is 42.0 Å². The van der Waals surface area contributed by atoms with Crippen LogP contribution in [0.2, 0.25) is 0 Å². The molecule has 1 aliphatic rings. The van der Waals surface area contributed by atoms with Crippen LogP contribution in [0.25, 0.3) is 10.9 Å². The van der Waals surface area contributed by atoms with E-state index in [1.165, 1.54) is 23.4 Å². The van der Waals surface area contributed by atoms with Crippen molar-refractivity contribution in [3.05, 3.63) is 63.3 Å². The molecule has 2 aromatic carbocycles. The van der Waals surface area contributed by atoms with Crippen LogP contribution in [0.15, 0.2) is 52.1 Å². The molecule has 9 nitrogen and oxygen atoms in total. The van der Waals surface area contributed by atoms with Gasteiger partial charge in [0.2, 0.25) is 5.91 Å². The maximum atomic E-state index is 13.2. The minimum atomic E-state index is -0.539. The Balaban J connectivity index is 1.68. The van der Waals surface area contributed by atoms with Gasteiger partial charge in [-0.3, -0.25) is 18.7 Å². The molecule has 0 bridgehead atoms. The lowest BCUT2D eigenvalue weighted by molar-refractivity contribution is -0.116. The quantitative estimate of drug-likeness (QED) is 0.604. The average molecular weight is 439 g/mol. The third-order valence-electron chi connectivity index (χ3n) is 5.48. The number of nitrogens with zero attached hydrogens (tertiary/aromatic N) is 2. The Hall–Kier alpha value is -3.59. The number of nitrogens with one attached hydrogen (secondary N) is 1. The summed E-state index contributed by atoms with van der Waals surface area (Å²) in [5.74, 6) is 0.620. The van der Waals surface area contributed by atoms with E-state index in [0.29, 0.717) is 34.7 Å². The van der Waals surface area contributed by atoms with Gasteiger partial charge in [0, 0.05) is 30.5 Å². The molecule has 1 N–H and O–H groups in total. The Kier molecular flexibility index (Phi) is 6.27. The zero-order valence-corrected chi connectivity index (χ0v) is 18.0. The van der Waals surface area contributed by atoms with Crippen molar-refractivity contribution in [1.29, 1.82) is 0 Å². The topological polar surface area (TPSA) is 101 Å². The number of fused-ring (bicyclic) bond motifs is 1. The first-order valence-corrected chi connectivity index (χ1v) is 10.4. The van der Waals surface area contributed by atoms with Crippen LogP contribution in [0.4, 0.5) is 5.69 Å². The Bertz CT molecular complexity index is 1230. The number of ether oxygens (including phenoxy) is 3. The Morgan fingerprint density at radius 1 is 1.09 bits per heavy atom. The van der Waals surface area contributed by atoms with Gasteiger partial charge in [-0.25, -0.2) is 4.79 Å². The summed E-state index contributed by atoms with van der Waals surface area (Å²) in [6.07, 6.45) is 1.50. The number of benzene rings is 2. The number of carbonyl (C=O) groups is 1. The summed E-state index contributed by atoms with van der Waals surface area (Å²) in [6, 6.07) is 11.8. The minimum Gasteiger partial charge on any atom is -0.497 e. The maximum absolute atomic E-state index is 13.2. The van der Waals surface area contributed by atoms with Gasteiger partial charge < -0.3 is 19.5 Å². The van der Waals surface area contributed by atoms with Gasteiger partial charge in [0.05, 0.1) is 37.8 Å². The molecule has 168 valence electrons. The minimum absolute atomic E-state index is 0.164. The van der Waals surface area contributed by atoms with Crippen LogP contribution < -0.4 is 26.0 Å². The summed E-state index contributed by atoms with van der Waals surface area (Å²) in [6.45, 7) is 0.523. The van der Waals surface area contributed by atoms with Crippen LogP contribution in [0, 0.1) is 0 Å². The molecule has 1 aliphatic heterocycles. The fourth-order valence-corrected chi connectivity index (χ4v) is 3.90. The van der Waals surface area contributed by atoms with E-state index >= 15 is 0 Å². The van der Waals surface area contributed by atoms with E-state index in [0.717, 1.165) is 12.8 Å². The molecule has 1 atom stereocenters. The van der Waals surface area contributed by atoms with Crippen molar-refractivity contribution in [3.63, 3.8) is 0 Å². The highest BCUT2D eigenvalue weighted by atomic mass is 16.5. The van der Waals surface area contributed by atoms with Gasteiger partial charge in [-0.15, -0.1) is 0 Å². The fourth-order valence-electron chi connectivity index (χ4n) is 3.90. The summed E-state index contributed by atoms with van der Waals surface area (Å²) in [5.41, 5.74) is -0.0430. The monoisotopic (exact) mass is 439 g/mol. The fraction of sp³-hybridized carbons (Fsp3) is 0.348. The number of hydrogen-bond acceptors (Lipinski definition) is 6. The molecule has 0 spiro atoms. The zero-order chi connectivity index (χ0) is 22.7. The molecule has 2 heterocycles. The smallest absolute Gasteiger partial charge is 0.332 e. The lowest BCUT2D eigenvalue weighted by Crippen LogP contribution is -2.43. The maximum Gasteiger partial charge on any atom is 0.332 e. The molecular weight excluding hydrogens is 414 g/mol. The first-order valence-electron chi connectivity index (χ1n) is 10.4. The van der Waals surface area contributed by atoms with Crippen LogP contribution in [0.5, 0.6) is 11.5 Å². The normalized spacial score (nSPS) is 15.6. The van der Waals surface area contributed by atoms with Gasteiger partial charge >= 0.3 is 5.69 Å². The van der Waals surface area contributed by atoms with Crippen molar-refractivity contribution < 1.29 is 19.0 Å². The standard InChI is InChI=1S/C23H25N3O6/c1-30-17-10-15(11-18(12-17)31-2)24-21(27)14-25-20-8-4-3-7-19(20)22(28)26(23(25)29)13-16-6-5-9-32-16/h3-4,7-8,10-12,16H,5-6,9,13-14H2,1-2H3,(H,24,27)/t16-/m0/s1. The lowest BCUT2D eigenvalue weighted by Gasteiger charge is -2.16. The second kappa shape index (κ2) is 9.27. The van der Waals surface area contributed by atoms with E-state index in [1.807, 2.05) is 0 Å². The van der Waals surface area contributed by atoms with Crippen LogP contribution in [0.1, 0.15) is 12.8 Å². The van der Waals surface area contributed by atoms with Crippen molar-refractivity contribution in [2.45, 2.75) is 32.0 Å². The van der Waals surface area contributed by atoms with Gasteiger partial charge in [0.1, 0.15) is 18.0 Å². The molecule has 4 rings (SSSR count). The summed E-state index contributed by atoms with van der Waals surface area (Å²) in [5, 5.41) is 3.14. The number of methoxy groups -OCH3 is 2. The third-order valence-corrected chi connectivity index (χ3v) is 5.48. The molecule has 0 unspecified atom stereocenters. The van der Waals surface area contributed by atoms with E-state index < -0.39 is 11.6 Å². The predicted octanol–water partition coefficient (Wildman–Crippen LogP) is 2.00. The van der Waals surface area contributed by atoms with Crippen molar-refractivity contribution in [3.8, 4) is 11.5 Å². The molecule has 1 fully saturated rings. The number of anilines is 1. The molecule has 3 aromatic rings. The molecule has 0 aliphatic carbocycles. The third kappa shape index (κ3) is 4.38. The van der Waals surface area contributed by atoms with Crippen LogP contribution >= 0.6 is 0 Å². The first-order chi connectivity index (χ1) is 15.5. The number of rotatable bonds is 7. The van der Waals surface area contributed by atoms with Crippen LogP contribution in [0.3, 0.4) is 0 Å². The van der Waals surface area contributed by atoms with E-state index in [4.69, 9.17) is 14.2 Å². The number of amides is 1. The number of para-hydroxylation sites is 1. The molecule has 0 radical (unpaired) electrons. The molecule has 1 aromatic heterocycles. The average Bonchev–Trinajstić information content (AvgIpc) is 3.32.